The number of benzene rings is 2. The highest BCUT2D eigenvalue weighted by Gasteiger charge is 2.33. The van der Waals surface area contributed by atoms with E-state index in [1.807, 2.05) is 28.9 Å². The van der Waals surface area contributed by atoms with Crippen LogP contribution in [-0.2, 0) is 0 Å². The predicted octanol–water partition coefficient (Wildman–Crippen LogP) is 4.23. The van der Waals surface area contributed by atoms with Gasteiger partial charge in [0.15, 0.2) is 11.5 Å². The van der Waals surface area contributed by atoms with Gasteiger partial charge in [0.05, 0.1) is 0 Å². The Balaban J connectivity index is 1.70. The van der Waals surface area contributed by atoms with Gasteiger partial charge in [0, 0.05) is 16.8 Å². The minimum atomic E-state index is -0.394. The van der Waals surface area contributed by atoms with Gasteiger partial charge in [0.2, 0.25) is 0 Å². The number of nitrogens with zero attached hydrogens (tertiary/aromatic N) is 3. The number of halogens is 1. The van der Waals surface area contributed by atoms with Crippen molar-refractivity contribution >= 4 is 5.69 Å². The van der Waals surface area contributed by atoms with Crippen LogP contribution in [0.5, 0.6) is 0 Å². The summed E-state index contributed by atoms with van der Waals surface area (Å²) in [6, 6.07) is 13.7. The van der Waals surface area contributed by atoms with Crippen LogP contribution in [0.3, 0.4) is 0 Å². The molecule has 1 aliphatic heterocycles. The molecule has 136 valence electrons. The lowest BCUT2D eigenvalue weighted by atomic mass is 10.0. The molecule has 0 saturated heterocycles. The lowest BCUT2D eigenvalue weighted by Crippen LogP contribution is -2.35. The molecule has 2 aromatic carbocycles. The van der Waals surface area contributed by atoms with Gasteiger partial charge >= 0.3 is 0 Å². The number of fused-ring (bicyclic) bond motifs is 3. The van der Waals surface area contributed by atoms with Crippen LogP contribution in [0.4, 0.5) is 10.1 Å². The normalized spacial score (nSPS) is 18.6. The Morgan fingerprint density at radius 2 is 1.78 bits per heavy atom. The highest BCUT2D eigenvalue weighted by Crippen LogP contribution is 2.41. The van der Waals surface area contributed by atoms with E-state index in [9.17, 15) is 9.18 Å². The third-order valence-electron chi connectivity index (χ3n) is 5.53. The molecule has 1 N–H and O–H groups in total. The van der Waals surface area contributed by atoms with Crippen LogP contribution in [0, 0.1) is 11.7 Å². The zero-order valence-electron chi connectivity index (χ0n) is 14.7. The smallest absolute Gasteiger partial charge is 0.300 e. The van der Waals surface area contributed by atoms with Gasteiger partial charge in [-0.1, -0.05) is 25.0 Å². The lowest BCUT2D eigenvalue weighted by Gasteiger charge is -2.33. The Kier molecular flexibility index (Phi) is 3.77. The molecule has 27 heavy (non-hydrogen) atoms. The van der Waals surface area contributed by atoms with Crippen molar-refractivity contribution in [1.82, 2.24) is 14.8 Å². The van der Waals surface area contributed by atoms with E-state index in [4.69, 9.17) is 5.10 Å². The van der Waals surface area contributed by atoms with E-state index in [2.05, 4.69) is 10.3 Å². The Labute approximate surface area is 155 Å². The molecule has 3 aromatic rings. The molecule has 0 bridgehead atoms. The minimum absolute atomic E-state index is 0.0373. The van der Waals surface area contributed by atoms with Crippen molar-refractivity contribution in [2.45, 2.75) is 31.8 Å². The number of nitrogens with one attached hydrogen (secondary N) is 1. The van der Waals surface area contributed by atoms with Crippen molar-refractivity contribution in [1.29, 1.82) is 0 Å². The van der Waals surface area contributed by atoms with Crippen LogP contribution in [0.1, 0.15) is 31.8 Å². The van der Waals surface area contributed by atoms with Gasteiger partial charge in [0.25, 0.3) is 5.56 Å². The van der Waals surface area contributed by atoms with Crippen LogP contribution in [0.25, 0.3) is 22.6 Å². The summed E-state index contributed by atoms with van der Waals surface area (Å²) < 4.78 is 15.1. The Hall–Kier alpha value is -3.02. The SMILES string of the molecule is O=c1nc2n(nc1-c1ccc(F)cc1)[C@H](C1CCCC1)Nc1ccccc1-2. The number of hydrogen-bond acceptors (Lipinski definition) is 4. The molecule has 1 aromatic heterocycles. The first-order valence-electron chi connectivity index (χ1n) is 9.33. The number of rotatable bonds is 2. The summed E-state index contributed by atoms with van der Waals surface area (Å²) in [5, 5.41) is 8.30. The van der Waals surface area contributed by atoms with Gasteiger partial charge in [-0.05, 0) is 55.2 Å². The molecule has 0 unspecified atom stereocenters. The zero-order chi connectivity index (χ0) is 18.4. The van der Waals surface area contributed by atoms with Gasteiger partial charge in [-0.3, -0.25) is 4.79 Å². The van der Waals surface area contributed by atoms with E-state index in [1.54, 1.807) is 12.1 Å². The first kappa shape index (κ1) is 16.2. The topological polar surface area (TPSA) is 59.8 Å². The third kappa shape index (κ3) is 2.72. The van der Waals surface area contributed by atoms with Crippen molar-refractivity contribution in [3.05, 3.63) is 64.7 Å². The second-order valence-corrected chi connectivity index (χ2v) is 7.22. The molecular weight excluding hydrogens is 343 g/mol. The Bertz CT molecular complexity index is 1050. The maximum Gasteiger partial charge on any atom is 0.300 e. The maximum absolute atomic E-state index is 13.3. The first-order chi connectivity index (χ1) is 13.2. The number of para-hydroxylation sites is 1. The maximum atomic E-state index is 13.3. The van der Waals surface area contributed by atoms with Gasteiger partial charge in [-0.2, -0.15) is 10.1 Å². The van der Waals surface area contributed by atoms with Crippen molar-refractivity contribution in [2.24, 2.45) is 5.92 Å². The van der Waals surface area contributed by atoms with Crippen LogP contribution in [0.15, 0.2) is 53.3 Å². The molecule has 0 amide bonds. The van der Waals surface area contributed by atoms with Crippen LogP contribution < -0.4 is 10.9 Å². The molecule has 0 radical (unpaired) electrons. The van der Waals surface area contributed by atoms with Gasteiger partial charge in [-0.15, -0.1) is 0 Å². The summed E-state index contributed by atoms with van der Waals surface area (Å²) in [6.07, 6.45) is 4.62. The van der Waals surface area contributed by atoms with Crippen molar-refractivity contribution < 1.29 is 4.39 Å². The molecule has 2 aliphatic rings. The van der Waals surface area contributed by atoms with Gasteiger partial charge in [0.1, 0.15) is 12.0 Å². The largest absolute Gasteiger partial charge is 0.363 e. The fraction of sp³-hybridized carbons (Fsp3) is 0.286. The first-order valence-corrected chi connectivity index (χ1v) is 9.33. The van der Waals surface area contributed by atoms with E-state index < -0.39 is 5.56 Å². The third-order valence-corrected chi connectivity index (χ3v) is 5.53. The van der Waals surface area contributed by atoms with E-state index in [-0.39, 0.29) is 17.7 Å². The van der Waals surface area contributed by atoms with Crippen molar-refractivity contribution in [2.75, 3.05) is 5.32 Å². The highest BCUT2D eigenvalue weighted by atomic mass is 19.1. The summed E-state index contributed by atoms with van der Waals surface area (Å²) in [4.78, 5) is 17.1. The summed E-state index contributed by atoms with van der Waals surface area (Å²) in [7, 11) is 0. The fourth-order valence-electron chi connectivity index (χ4n) is 4.18. The second-order valence-electron chi connectivity index (χ2n) is 7.22. The van der Waals surface area contributed by atoms with Crippen LogP contribution in [0.2, 0.25) is 0 Å². The monoisotopic (exact) mass is 362 g/mol. The Morgan fingerprint density at radius 3 is 2.56 bits per heavy atom. The van der Waals surface area contributed by atoms with Crippen molar-refractivity contribution in [3.63, 3.8) is 0 Å². The lowest BCUT2D eigenvalue weighted by molar-refractivity contribution is 0.337. The fourth-order valence-corrected chi connectivity index (χ4v) is 4.18. The molecular formula is C21H19FN4O. The second kappa shape index (κ2) is 6.30. The summed E-state index contributed by atoms with van der Waals surface area (Å²) in [5.41, 5.74) is 2.30. The van der Waals surface area contributed by atoms with E-state index in [0.717, 1.165) is 24.1 Å². The van der Waals surface area contributed by atoms with E-state index in [1.165, 1.54) is 25.0 Å². The number of aromatic nitrogens is 3. The molecule has 5 nitrogen and oxygen atoms in total. The molecule has 1 saturated carbocycles. The molecule has 2 heterocycles. The molecule has 0 spiro atoms. The van der Waals surface area contributed by atoms with E-state index in [0.29, 0.717) is 17.3 Å². The number of hydrogen-bond donors (Lipinski definition) is 1. The van der Waals surface area contributed by atoms with Gasteiger partial charge in [-0.25, -0.2) is 9.07 Å². The van der Waals surface area contributed by atoms with E-state index >= 15 is 0 Å². The average molecular weight is 362 g/mol. The predicted molar refractivity (Wildman–Crippen MR) is 102 cm³/mol. The number of anilines is 1. The zero-order valence-corrected chi connectivity index (χ0v) is 14.7. The summed E-state index contributed by atoms with van der Waals surface area (Å²) in [5.74, 6) is 0.691. The molecule has 1 aliphatic carbocycles. The summed E-state index contributed by atoms with van der Waals surface area (Å²) in [6.45, 7) is 0. The van der Waals surface area contributed by atoms with Gasteiger partial charge < -0.3 is 5.32 Å². The highest BCUT2D eigenvalue weighted by molar-refractivity contribution is 5.76. The summed E-state index contributed by atoms with van der Waals surface area (Å²) >= 11 is 0. The average Bonchev–Trinajstić information content (AvgIpc) is 3.22. The minimum Gasteiger partial charge on any atom is -0.363 e. The quantitative estimate of drug-likeness (QED) is 0.741. The standard InChI is InChI=1S/C21H19FN4O/c22-15-11-9-13(10-12-15)18-21(27)24-20-16-7-3-4-8-17(16)23-19(26(20)25-18)14-5-1-2-6-14/h3-4,7-12,14,19,23H,1-2,5-6H2/t19-/m1/s1. The molecule has 1 atom stereocenters. The molecule has 5 rings (SSSR count). The molecule has 1 fully saturated rings. The van der Waals surface area contributed by atoms with Crippen LogP contribution in [-0.4, -0.2) is 14.8 Å². The Morgan fingerprint density at radius 1 is 1.04 bits per heavy atom. The molecule has 6 heteroatoms. The van der Waals surface area contributed by atoms with Crippen LogP contribution >= 0.6 is 0 Å². The van der Waals surface area contributed by atoms with Crippen molar-refractivity contribution in [3.8, 4) is 22.6 Å².